The third-order valence-corrected chi connectivity index (χ3v) is 3.94. The molecule has 0 aromatic heterocycles. The first-order valence-corrected chi connectivity index (χ1v) is 6.25. The predicted molar refractivity (Wildman–Crippen MR) is 59.5 cm³/mol. The quantitative estimate of drug-likeness (QED) is 0.654. The first-order valence-electron chi connectivity index (χ1n) is 6.25. The molecule has 15 heavy (non-hydrogen) atoms. The Morgan fingerprint density at radius 2 is 2.13 bits per heavy atom. The van der Waals surface area contributed by atoms with Crippen molar-refractivity contribution in [3.8, 4) is 0 Å². The van der Waals surface area contributed by atoms with Crippen LogP contribution in [0.25, 0.3) is 0 Å². The van der Waals surface area contributed by atoms with Gasteiger partial charge in [-0.2, -0.15) is 0 Å². The summed E-state index contributed by atoms with van der Waals surface area (Å²) in [5.41, 5.74) is 5.04. The van der Waals surface area contributed by atoms with Crippen molar-refractivity contribution in [1.29, 1.82) is 0 Å². The van der Waals surface area contributed by atoms with E-state index in [2.05, 4.69) is 0 Å². The van der Waals surface area contributed by atoms with Gasteiger partial charge in [-0.1, -0.05) is 6.42 Å². The molecule has 2 atom stereocenters. The summed E-state index contributed by atoms with van der Waals surface area (Å²) in [6.45, 7) is 2.12. The summed E-state index contributed by atoms with van der Waals surface area (Å²) < 4.78 is 5.61. The molecule has 0 amide bonds. The molecule has 3 heteroatoms. The molecule has 2 fully saturated rings. The molecule has 0 bridgehead atoms. The average molecular weight is 213 g/mol. The molecular weight excluding hydrogens is 190 g/mol. The number of ether oxygens (including phenoxy) is 1. The maximum atomic E-state index is 10.2. The van der Waals surface area contributed by atoms with E-state index in [1.165, 1.54) is 12.8 Å². The largest absolute Gasteiger partial charge is 0.388 e. The van der Waals surface area contributed by atoms with Crippen LogP contribution in [0.5, 0.6) is 0 Å². The van der Waals surface area contributed by atoms with E-state index in [9.17, 15) is 5.11 Å². The lowest BCUT2D eigenvalue weighted by Gasteiger charge is -2.28. The van der Waals surface area contributed by atoms with Gasteiger partial charge in [-0.3, -0.25) is 0 Å². The maximum absolute atomic E-state index is 10.2. The molecule has 3 N–H and O–H groups in total. The molecule has 2 aliphatic rings. The monoisotopic (exact) mass is 213 g/mol. The molecule has 3 nitrogen and oxygen atoms in total. The van der Waals surface area contributed by atoms with Gasteiger partial charge in [0.15, 0.2) is 0 Å². The van der Waals surface area contributed by atoms with Crippen molar-refractivity contribution in [3.05, 3.63) is 0 Å². The Labute approximate surface area is 92.0 Å². The average Bonchev–Trinajstić information content (AvgIpc) is 2.99. The van der Waals surface area contributed by atoms with Crippen molar-refractivity contribution in [2.45, 2.75) is 44.1 Å². The summed E-state index contributed by atoms with van der Waals surface area (Å²) in [7, 11) is 0. The molecule has 0 spiro atoms. The van der Waals surface area contributed by atoms with E-state index in [0.717, 1.165) is 44.8 Å². The SMILES string of the molecule is NCC1(O)CCCC1CCOCC1CC1. The van der Waals surface area contributed by atoms with Gasteiger partial charge in [-0.05, 0) is 43.9 Å². The predicted octanol–water partition coefficient (Wildman–Crippen LogP) is 1.29. The van der Waals surface area contributed by atoms with E-state index >= 15 is 0 Å². The second kappa shape index (κ2) is 4.81. The summed E-state index contributed by atoms with van der Waals surface area (Å²) >= 11 is 0. The first kappa shape index (κ1) is 11.4. The van der Waals surface area contributed by atoms with Crippen LogP contribution < -0.4 is 5.73 Å². The van der Waals surface area contributed by atoms with Crippen LogP contribution in [0.1, 0.15) is 38.5 Å². The van der Waals surface area contributed by atoms with Gasteiger partial charge in [0.25, 0.3) is 0 Å². The molecule has 88 valence electrons. The molecule has 2 rings (SSSR count). The minimum Gasteiger partial charge on any atom is -0.388 e. The molecule has 0 aromatic rings. The number of aliphatic hydroxyl groups is 1. The van der Waals surface area contributed by atoms with Crippen LogP contribution in [0.15, 0.2) is 0 Å². The number of rotatable bonds is 6. The zero-order valence-electron chi connectivity index (χ0n) is 9.45. The van der Waals surface area contributed by atoms with Crippen LogP contribution in [0, 0.1) is 11.8 Å². The molecular formula is C12H23NO2. The van der Waals surface area contributed by atoms with E-state index in [1.54, 1.807) is 0 Å². The van der Waals surface area contributed by atoms with Crippen molar-refractivity contribution < 1.29 is 9.84 Å². The lowest BCUT2D eigenvalue weighted by atomic mass is 9.88. The fourth-order valence-electron chi connectivity index (χ4n) is 2.57. The summed E-state index contributed by atoms with van der Waals surface area (Å²) in [4.78, 5) is 0. The second-order valence-corrected chi connectivity index (χ2v) is 5.20. The Bertz CT molecular complexity index is 206. The molecule has 2 aliphatic carbocycles. The molecule has 0 radical (unpaired) electrons. The lowest BCUT2D eigenvalue weighted by Crippen LogP contribution is -2.41. The van der Waals surface area contributed by atoms with Gasteiger partial charge in [-0.25, -0.2) is 0 Å². The zero-order chi connectivity index (χ0) is 10.7. The van der Waals surface area contributed by atoms with Gasteiger partial charge in [0, 0.05) is 19.8 Å². The summed E-state index contributed by atoms with van der Waals surface area (Å²) in [6, 6.07) is 0. The highest BCUT2D eigenvalue weighted by Crippen LogP contribution is 2.37. The highest BCUT2D eigenvalue weighted by atomic mass is 16.5. The first-order chi connectivity index (χ1) is 7.24. The fourth-order valence-corrected chi connectivity index (χ4v) is 2.57. The van der Waals surface area contributed by atoms with Crippen LogP contribution in [0.2, 0.25) is 0 Å². The Kier molecular flexibility index (Phi) is 3.65. The zero-order valence-corrected chi connectivity index (χ0v) is 9.45. The van der Waals surface area contributed by atoms with Crippen LogP contribution >= 0.6 is 0 Å². The maximum Gasteiger partial charge on any atom is 0.0798 e. The second-order valence-electron chi connectivity index (χ2n) is 5.20. The minimum atomic E-state index is -0.594. The summed E-state index contributed by atoms with van der Waals surface area (Å²) in [5, 5.41) is 10.2. The van der Waals surface area contributed by atoms with E-state index in [-0.39, 0.29) is 0 Å². The van der Waals surface area contributed by atoms with Crippen LogP contribution in [-0.4, -0.2) is 30.5 Å². The van der Waals surface area contributed by atoms with E-state index in [1.807, 2.05) is 0 Å². The number of nitrogens with two attached hydrogens (primary N) is 1. The summed E-state index contributed by atoms with van der Waals surface area (Å²) in [6.07, 6.45) is 6.75. The van der Waals surface area contributed by atoms with E-state index < -0.39 is 5.60 Å². The molecule has 0 saturated heterocycles. The smallest absolute Gasteiger partial charge is 0.0798 e. The topological polar surface area (TPSA) is 55.5 Å². The molecule has 2 saturated carbocycles. The standard InChI is InChI=1S/C12H23NO2/c13-9-12(14)6-1-2-11(12)5-7-15-8-10-3-4-10/h10-11,14H,1-9,13H2. The number of hydrogen-bond acceptors (Lipinski definition) is 3. The lowest BCUT2D eigenvalue weighted by molar-refractivity contribution is -0.00500. The molecule has 0 aliphatic heterocycles. The molecule has 0 heterocycles. The molecule has 2 unspecified atom stereocenters. The fraction of sp³-hybridized carbons (Fsp3) is 1.00. The van der Waals surface area contributed by atoms with E-state index in [4.69, 9.17) is 10.5 Å². The number of hydrogen-bond donors (Lipinski definition) is 2. The Hall–Kier alpha value is -0.120. The Morgan fingerprint density at radius 1 is 1.33 bits per heavy atom. The van der Waals surface area contributed by atoms with Crippen molar-refractivity contribution in [2.24, 2.45) is 17.6 Å². The van der Waals surface area contributed by atoms with Crippen LogP contribution in [0.4, 0.5) is 0 Å². The van der Waals surface area contributed by atoms with Gasteiger partial charge >= 0.3 is 0 Å². The summed E-state index contributed by atoms with van der Waals surface area (Å²) in [5.74, 6) is 1.20. The molecule has 0 aromatic carbocycles. The van der Waals surface area contributed by atoms with Gasteiger partial charge in [0.2, 0.25) is 0 Å². The van der Waals surface area contributed by atoms with Gasteiger partial charge in [0.05, 0.1) is 5.60 Å². The van der Waals surface area contributed by atoms with Gasteiger partial charge in [-0.15, -0.1) is 0 Å². The Balaban J connectivity index is 1.64. The third-order valence-electron chi connectivity index (χ3n) is 3.94. The third kappa shape index (κ3) is 2.92. The van der Waals surface area contributed by atoms with Gasteiger partial charge < -0.3 is 15.6 Å². The van der Waals surface area contributed by atoms with Gasteiger partial charge in [0.1, 0.15) is 0 Å². The normalized spacial score (nSPS) is 36.0. The van der Waals surface area contributed by atoms with Crippen molar-refractivity contribution >= 4 is 0 Å². The minimum absolute atomic E-state index is 0.363. The van der Waals surface area contributed by atoms with Crippen LogP contribution in [-0.2, 0) is 4.74 Å². The highest BCUT2D eigenvalue weighted by molar-refractivity contribution is 4.92. The van der Waals surface area contributed by atoms with Crippen molar-refractivity contribution in [2.75, 3.05) is 19.8 Å². The van der Waals surface area contributed by atoms with E-state index in [0.29, 0.717) is 12.5 Å². The van der Waals surface area contributed by atoms with Crippen molar-refractivity contribution in [3.63, 3.8) is 0 Å². The highest BCUT2D eigenvalue weighted by Gasteiger charge is 2.39. The van der Waals surface area contributed by atoms with Crippen LogP contribution in [0.3, 0.4) is 0 Å². The van der Waals surface area contributed by atoms with Crippen molar-refractivity contribution in [1.82, 2.24) is 0 Å². The Morgan fingerprint density at radius 3 is 2.80 bits per heavy atom.